The van der Waals surface area contributed by atoms with Gasteiger partial charge in [0.2, 0.25) is 5.91 Å². The van der Waals surface area contributed by atoms with E-state index in [1.807, 2.05) is 32.0 Å². The number of likely N-dealkylation sites (N-methyl/N-ethyl adjacent to an activating group) is 1. The van der Waals surface area contributed by atoms with Gasteiger partial charge >= 0.3 is 0 Å². The van der Waals surface area contributed by atoms with E-state index in [1.54, 1.807) is 18.9 Å². The third kappa shape index (κ3) is 1.72. The van der Waals surface area contributed by atoms with Gasteiger partial charge in [0.25, 0.3) is 0 Å². The fourth-order valence-electron chi connectivity index (χ4n) is 2.48. The number of anilines is 1. The SMILES string of the molecule is CC(N)C(O)c1ccc2c(c1)C(C)(C)C(=O)N2C. The second-order valence-corrected chi connectivity index (χ2v) is 5.57. The predicted molar refractivity (Wildman–Crippen MR) is 71.5 cm³/mol. The van der Waals surface area contributed by atoms with Gasteiger partial charge in [0.05, 0.1) is 11.5 Å². The number of carbonyl (C=O) groups excluding carboxylic acids is 1. The summed E-state index contributed by atoms with van der Waals surface area (Å²) in [6.45, 7) is 5.57. The van der Waals surface area contributed by atoms with Crippen molar-refractivity contribution in [2.24, 2.45) is 5.73 Å². The zero-order valence-electron chi connectivity index (χ0n) is 11.3. The highest BCUT2D eigenvalue weighted by atomic mass is 16.3. The van der Waals surface area contributed by atoms with Gasteiger partial charge in [-0.05, 0) is 38.0 Å². The van der Waals surface area contributed by atoms with E-state index < -0.39 is 11.5 Å². The molecule has 1 heterocycles. The lowest BCUT2D eigenvalue weighted by molar-refractivity contribution is -0.121. The van der Waals surface area contributed by atoms with Crippen LogP contribution in [0, 0.1) is 0 Å². The third-order valence-electron chi connectivity index (χ3n) is 3.73. The maximum atomic E-state index is 12.1. The molecule has 2 unspecified atom stereocenters. The smallest absolute Gasteiger partial charge is 0.236 e. The van der Waals surface area contributed by atoms with Crippen LogP contribution in [0.3, 0.4) is 0 Å². The lowest BCUT2D eigenvalue weighted by Crippen LogP contribution is -2.33. The van der Waals surface area contributed by atoms with E-state index >= 15 is 0 Å². The molecule has 2 rings (SSSR count). The molecule has 0 spiro atoms. The number of aliphatic hydroxyl groups is 1. The van der Waals surface area contributed by atoms with Crippen LogP contribution in [-0.4, -0.2) is 24.1 Å². The van der Waals surface area contributed by atoms with E-state index in [9.17, 15) is 9.90 Å². The minimum Gasteiger partial charge on any atom is -0.387 e. The van der Waals surface area contributed by atoms with Gasteiger partial charge < -0.3 is 15.7 Å². The van der Waals surface area contributed by atoms with Crippen molar-refractivity contribution >= 4 is 11.6 Å². The first kappa shape index (κ1) is 13.1. The molecule has 4 nitrogen and oxygen atoms in total. The predicted octanol–water partition coefficient (Wildman–Crippen LogP) is 1.32. The second kappa shape index (κ2) is 4.07. The highest BCUT2D eigenvalue weighted by molar-refractivity contribution is 6.07. The molecule has 0 aromatic heterocycles. The molecule has 1 aliphatic heterocycles. The van der Waals surface area contributed by atoms with Gasteiger partial charge in [0, 0.05) is 18.8 Å². The lowest BCUT2D eigenvalue weighted by Gasteiger charge is -2.19. The molecular formula is C14H20N2O2. The monoisotopic (exact) mass is 248 g/mol. The molecule has 0 saturated carbocycles. The first-order valence-corrected chi connectivity index (χ1v) is 6.13. The molecular weight excluding hydrogens is 228 g/mol. The normalized spacial score (nSPS) is 20.8. The van der Waals surface area contributed by atoms with Crippen LogP contribution in [0.2, 0.25) is 0 Å². The number of hydrogen-bond donors (Lipinski definition) is 2. The molecule has 0 aliphatic carbocycles. The van der Waals surface area contributed by atoms with Gasteiger partial charge in [-0.3, -0.25) is 4.79 Å². The summed E-state index contributed by atoms with van der Waals surface area (Å²) in [4.78, 5) is 13.8. The third-order valence-corrected chi connectivity index (χ3v) is 3.73. The maximum Gasteiger partial charge on any atom is 0.236 e. The molecule has 2 atom stereocenters. The Morgan fingerprint density at radius 3 is 2.56 bits per heavy atom. The molecule has 1 aromatic rings. The Bertz CT molecular complexity index is 495. The highest BCUT2D eigenvalue weighted by Gasteiger charge is 2.42. The molecule has 98 valence electrons. The Morgan fingerprint density at radius 1 is 1.39 bits per heavy atom. The summed E-state index contributed by atoms with van der Waals surface area (Å²) < 4.78 is 0. The van der Waals surface area contributed by atoms with Crippen LogP contribution >= 0.6 is 0 Å². The summed E-state index contributed by atoms with van der Waals surface area (Å²) in [6, 6.07) is 5.27. The van der Waals surface area contributed by atoms with Crippen LogP contribution in [0.4, 0.5) is 5.69 Å². The van der Waals surface area contributed by atoms with Gasteiger partial charge in [-0.15, -0.1) is 0 Å². The summed E-state index contributed by atoms with van der Waals surface area (Å²) in [5.41, 5.74) is 7.79. The van der Waals surface area contributed by atoms with Gasteiger partial charge in [0.1, 0.15) is 0 Å². The molecule has 1 aromatic carbocycles. The Labute approximate surface area is 107 Å². The number of aliphatic hydroxyl groups excluding tert-OH is 1. The first-order chi connectivity index (χ1) is 8.26. The van der Waals surface area contributed by atoms with Crippen LogP contribution in [-0.2, 0) is 10.2 Å². The van der Waals surface area contributed by atoms with Gasteiger partial charge in [-0.2, -0.15) is 0 Å². The number of benzene rings is 1. The van der Waals surface area contributed by atoms with Crippen molar-refractivity contribution in [1.82, 2.24) is 0 Å². The standard InChI is InChI=1S/C14H20N2O2/c1-8(15)12(17)9-5-6-11-10(7-9)14(2,3)13(18)16(11)4/h5-8,12,17H,15H2,1-4H3. The number of fused-ring (bicyclic) bond motifs is 1. The molecule has 1 amide bonds. The molecule has 0 radical (unpaired) electrons. The number of hydrogen-bond acceptors (Lipinski definition) is 3. The molecule has 0 saturated heterocycles. The number of rotatable bonds is 2. The summed E-state index contributed by atoms with van der Waals surface area (Å²) in [6.07, 6.45) is -0.702. The van der Waals surface area contributed by atoms with Crippen molar-refractivity contribution in [2.75, 3.05) is 11.9 Å². The van der Waals surface area contributed by atoms with Crippen LogP contribution in [0.15, 0.2) is 18.2 Å². The average molecular weight is 248 g/mol. The number of nitrogens with zero attached hydrogens (tertiary/aromatic N) is 1. The molecule has 18 heavy (non-hydrogen) atoms. The van der Waals surface area contributed by atoms with Crippen molar-refractivity contribution in [2.45, 2.75) is 38.3 Å². The van der Waals surface area contributed by atoms with Gasteiger partial charge in [-0.1, -0.05) is 12.1 Å². The maximum absolute atomic E-state index is 12.1. The van der Waals surface area contributed by atoms with Crippen molar-refractivity contribution in [3.8, 4) is 0 Å². The van der Waals surface area contributed by atoms with E-state index in [1.165, 1.54) is 0 Å². The zero-order chi connectivity index (χ0) is 13.7. The Morgan fingerprint density at radius 2 is 2.00 bits per heavy atom. The molecule has 4 heteroatoms. The molecule has 1 aliphatic rings. The second-order valence-electron chi connectivity index (χ2n) is 5.57. The van der Waals surface area contributed by atoms with Crippen LogP contribution in [0.1, 0.15) is 38.0 Å². The van der Waals surface area contributed by atoms with E-state index in [0.717, 1.165) is 16.8 Å². The van der Waals surface area contributed by atoms with E-state index in [0.29, 0.717) is 0 Å². The summed E-state index contributed by atoms with van der Waals surface area (Å²) in [5.74, 6) is 0.0740. The number of carbonyl (C=O) groups is 1. The summed E-state index contributed by atoms with van der Waals surface area (Å²) >= 11 is 0. The highest BCUT2D eigenvalue weighted by Crippen LogP contribution is 2.41. The van der Waals surface area contributed by atoms with Crippen molar-refractivity contribution < 1.29 is 9.90 Å². The Kier molecular flexibility index (Phi) is 2.95. The van der Waals surface area contributed by atoms with Crippen molar-refractivity contribution in [3.05, 3.63) is 29.3 Å². The molecule has 0 fully saturated rings. The van der Waals surface area contributed by atoms with Crippen molar-refractivity contribution in [3.63, 3.8) is 0 Å². The summed E-state index contributed by atoms with van der Waals surface area (Å²) in [7, 11) is 1.78. The van der Waals surface area contributed by atoms with E-state index in [2.05, 4.69) is 0 Å². The summed E-state index contributed by atoms with van der Waals surface area (Å²) in [5, 5.41) is 10.0. The average Bonchev–Trinajstić information content (AvgIpc) is 2.50. The largest absolute Gasteiger partial charge is 0.387 e. The van der Waals surface area contributed by atoms with Crippen LogP contribution < -0.4 is 10.6 Å². The minimum absolute atomic E-state index is 0.0740. The minimum atomic E-state index is -0.702. The quantitative estimate of drug-likeness (QED) is 0.829. The fraction of sp³-hybridized carbons (Fsp3) is 0.500. The zero-order valence-corrected chi connectivity index (χ0v) is 11.3. The Balaban J connectivity index is 2.52. The Hall–Kier alpha value is -1.39. The van der Waals surface area contributed by atoms with E-state index in [4.69, 9.17) is 5.73 Å². The fourth-order valence-corrected chi connectivity index (χ4v) is 2.48. The molecule has 0 bridgehead atoms. The van der Waals surface area contributed by atoms with Gasteiger partial charge in [-0.25, -0.2) is 0 Å². The van der Waals surface area contributed by atoms with Gasteiger partial charge in [0.15, 0.2) is 0 Å². The van der Waals surface area contributed by atoms with Crippen LogP contribution in [0.25, 0.3) is 0 Å². The van der Waals surface area contributed by atoms with Crippen molar-refractivity contribution in [1.29, 1.82) is 0 Å². The number of amides is 1. The molecule has 3 N–H and O–H groups in total. The first-order valence-electron chi connectivity index (χ1n) is 6.13. The van der Waals surface area contributed by atoms with Crippen LogP contribution in [0.5, 0.6) is 0 Å². The number of nitrogens with two attached hydrogens (primary N) is 1. The van der Waals surface area contributed by atoms with E-state index in [-0.39, 0.29) is 11.9 Å². The topological polar surface area (TPSA) is 66.6 Å². The lowest BCUT2D eigenvalue weighted by atomic mass is 9.84.